The number of hydrogen-bond donors (Lipinski definition) is 1. The fourth-order valence-electron chi connectivity index (χ4n) is 4.48. The van der Waals surface area contributed by atoms with Gasteiger partial charge in [-0.2, -0.15) is 0 Å². The highest BCUT2D eigenvalue weighted by Gasteiger charge is 2.46. The van der Waals surface area contributed by atoms with Crippen LogP contribution in [0.2, 0.25) is 0 Å². The second kappa shape index (κ2) is 10.0. The maximum absolute atomic E-state index is 13.3. The van der Waals surface area contributed by atoms with Gasteiger partial charge in [0.2, 0.25) is 0 Å². The van der Waals surface area contributed by atoms with Crippen molar-refractivity contribution in [3.63, 3.8) is 0 Å². The summed E-state index contributed by atoms with van der Waals surface area (Å²) >= 11 is 0. The Balaban J connectivity index is 1.80. The first-order valence-electron chi connectivity index (χ1n) is 12.3. The monoisotopic (exact) mass is 483 g/mol. The Bertz CT molecular complexity index is 1280. The van der Waals surface area contributed by atoms with Crippen molar-refractivity contribution in [1.29, 1.82) is 0 Å². The summed E-state index contributed by atoms with van der Waals surface area (Å²) < 4.78 is 5.53. The Morgan fingerprint density at radius 1 is 0.917 bits per heavy atom. The maximum atomic E-state index is 13.3. The van der Waals surface area contributed by atoms with Crippen LogP contribution in [0.4, 0.5) is 0 Å². The number of hydrogen-bond acceptors (Lipinski definition) is 4. The maximum Gasteiger partial charge on any atom is 0.295 e. The molecule has 0 bridgehead atoms. The van der Waals surface area contributed by atoms with Crippen molar-refractivity contribution in [2.45, 2.75) is 52.6 Å². The van der Waals surface area contributed by atoms with Crippen LogP contribution in [0.3, 0.4) is 0 Å². The fourth-order valence-corrected chi connectivity index (χ4v) is 4.48. The Labute approximate surface area is 213 Å². The predicted molar refractivity (Wildman–Crippen MR) is 142 cm³/mol. The SMILES string of the molecule is CCOc1ccc(CN2C(=O)C(=O)/C(=C(\O)c3ccc(C)cc3)C2c2ccc(C(C)(C)C)cc2)cc1. The van der Waals surface area contributed by atoms with Gasteiger partial charge in [-0.05, 0) is 48.1 Å². The van der Waals surface area contributed by atoms with Crippen molar-refractivity contribution in [3.8, 4) is 5.75 Å². The number of aliphatic hydroxyl groups is 1. The van der Waals surface area contributed by atoms with Crippen LogP contribution >= 0.6 is 0 Å². The van der Waals surface area contributed by atoms with Crippen LogP contribution in [-0.2, 0) is 21.5 Å². The van der Waals surface area contributed by atoms with E-state index in [4.69, 9.17) is 4.74 Å². The zero-order chi connectivity index (χ0) is 26.0. The Morgan fingerprint density at radius 2 is 1.53 bits per heavy atom. The molecule has 1 unspecified atom stereocenters. The molecule has 1 heterocycles. The minimum absolute atomic E-state index is 0.0372. The van der Waals surface area contributed by atoms with Crippen molar-refractivity contribution in [2.24, 2.45) is 0 Å². The van der Waals surface area contributed by atoms with Gasteiger partial charge in [-0.1, -0.05) is 87.0 Å². The van der Waals surface area contributed by atoms with E-state index in [2.05, 4.69) is 20.8 Å². The molecule has 0 saturated carbocycles. The quantitative estimate of drug-likeness (QED) is 0.253. The second-order valence-corrected chi connectivity index (χ2v) is 10.2. The molecular weight excluding hydrogens is 450 g/mol. The number of Topliss-reactive ketones (excluding diaryl/α,β-unsaturated/α-hetero) is 1. The van der Waals surface area contributed by atoms with Crippen molar-refractivity contribution >= 4 is 17.4 Å². The normalized spacial score (nSPS) is 17.5. The van der Waals surface area contributed by atoms with E-state index in [0.29, 0.717) is 12.2 Å². The van der Waals surface area contributed by atoms with E-state index in [1.807, 2.05) is 74.5 Å². The van der Waals surface area contributed by atoms with Crippen LogP contribution in [0.15, 0.2) is 78.4 Å². The highest BCUT2D eigenvalue weighted by molar-refractivity contribution is 6.46. The molecule has 0 spiro atoms. The highest BCUT2D eigenvalue weighted by Crippen LogP contribution is 2.41. The molecule has 1 saturated heterocycles. The zero-order valence-corrected chi connectivity index (χ0v) is 21.5. The van der Waals surface area contributed by atoms with Crippen LogP contribution in [0.5, 0.6) is 5.75 Å². The van der Waals surface area contributed by atoms with E-state index in [0.717, 1.165) is 28.0 Å². The van der Waals surface area contributed by atoms with Gasteiger partial charge in [0, 0.05) is 12.1 Å². The van der Waals surface area contributed by atoms with Gasteiger partial charge in [-0.3, -0.25) is 9.59 Å². The molecule has 1 N–H and O–H groups in total. The number of carbonyl (C=O) groups is 2. The molecule has 0 aromatic heterocycles. The van der Waals surface area contributed by atoms with Crippen LogP contribution in [-0.4, -0.2) is 28.3 Å². The van der Waals surface area contributed by atoms with Crippen molar-refractivity contribution in [1.82, 2.24) is 4.90 Å². The summed E-state index contributed by atoms with van der Waals surface area (Å²) in [4.78, 5) is 28.1. The molecule has 1 aliphatic rings. The average Bonchev–Trinajstić information content (AvgIpc) is 3.10. The number of ketones is 1. The summed E-state index contributed by atoms with van der Waals surface area (Å²) in [7, 11) is 0. The first kappa shape index (κ1) is 25.2. The van der Waals surface area contributed by atoms with E-state index in [1.165, 1.54) is 0 Å². The topological polar surface area (TPSA) is 66.8 Å². The summed E-state index contributed by atoms with van der Waals surface area (Å²) in [6.45, 7) is 11.1. The van der Waals surface area contributed by atoms with Crippen molar-refractivity contribution < 1.29 is 19.4 Å². The lowest BCUT2D eigenvalue weighted by molar-refractivity contribution is -0.140. The average molecular weight is 484 g/mol. The predicted octanol–water partition coefficient (Wildman–Crippen LogP) is 6.31. The van der Waals surface area contributed by atoms with E-state index >= 15 is 0 Å². The number of nitrogens with zero attached hydrogens (tertiary/aromatic N) is 1. The van der Waals surface area contributed by atoms with Crippen molar-refractivity contribution in [2.75, 3.05) is 6.61 Å². The van der Waals surface area contributed by atoms with Gasteiger partial charge in [0.25, 0.3) is 11.7 Å². The fraction of sp³-hybridized carbons (Fsp3) is 0.290. The number of benzene rings is 3. The largest absolute Gasteiger partial charge is 0.507 e. The molecule has 186 valence electrons. The van der Waals surface area contributed by atoms with Crippen molar-refractivity contribution in [3.05, 3.63) is 106 Å². The summed E-state index contributed by atoms with van der Waals surface area (Å²) in [5.41, 5.74) is 4.41. The summed E-state index contributed by atoms with van der Waals surface area (Å²) in [5.74, 6) is -0.712. The molecule has 1 fully saturated rings. The molecule has 1 aliphatic heterocycles. The van der Waals surface area contributed by atoms with E-state index in [9.17, 15) is 14.7 Å². The van der Waals surface area contributed by atoms with Crippen LogP contribution in [0.1, 0.15) is 61.6 Å². The molecule has 36 heavy (non-hydrogen) atoms. The minimum atomic E-state index is -0.702. The van der Waals surface area contributed by atoms with Crippen LogP contribution in [0, 0.1) is 6.92 Å². The molecular formula is C31H33NO4. The van der Waals surface area contributed by atoms with Gasteiger partial charge in [-0.25, -0.2) is 0 Å². The number of amides is 1. The third kappa shape index (κ3) is 5.06. The summed E-state index contributed by atoms with van der Waals surface area (Å²) in [5, 5.41) is 11.3. The van der Waals surface area contributed by atoms with Gasteiger partial charge in [0.15, 0.2) is 0 Å². The Morgan fingerprint density at radius 3 is 2.08 bits per heavy atom. The smallest absolute Gasteiger partial charge is 0.295 e. The Kier molecular flexibility index (Phi) is 7.02. The van der Waals surface area contributed by atoms with Crippen LogP contribution in [0.25, 0.3) is 5.76 Å². The molecule has 5 nitrogen and oxygen atoms in total. The molecule has 3 aromatic rings. The number of rotatable bonds is 6. The molecule has 3 aromatic carbocycles. The second-order valence-electron chi connectivity index (χ2n) is 10.2. The van der Waals surface area contributed by atoms with E-state index in [1.54, 1.807) is 17.0 Å². The van der Waals surface area contributed by atoms with Gasteiger partial charge in [0.05, 0.1) is 18.2 Å². The first-order valence-corrected chi connectivity index (χ1v) is 12.3. The standard InChI is InChI=1S/C31H33NO4/c1-6-36-25-17-9-21(10-18-25)19-32-27(22-13-15-24(16-14-22)31(3,4)5)26(29(34)30(32)35)28(33)23-11-7-20(2)8-12-23/h7-18,27,33H,6,19H2,1-5H3/b28-26-. The van der Waals surface area contributed by atoms with E-state index < -0.39 is 17.7 Å². The first-order chi connectivity index (χ1) is 17.1. The third-order valence-electron chi connectivity index (χ3n) is 6.54. The summed E-state index contributed by atoms with van der Waals surface area (Å²) in [6, 6.07) is 22.0. The molecule has 1 amide bonds. The Hall–Kier alpha value is -3.86. The lowest BCUT2D eigenvalue weighted by Gasteiger charge is -2.26. The minimum Gasteiger partial charge on any atom is -0.507 e. The lowest BCUT2D eigenvalue weighted by Crippen LogP contribution is -2.29. The highest BCUT2D eigenvalue weighted by atomic mass is 16.5. The number of aryl methyl sites for hydroxylation is 1. The van der Waals surface area contributed by atoms with Gasteiger partial charge >= 0.3 is 0 Å². The van der Waals surface area contributed by atoms with E-state index in [-0.39, 0.29) is 23.3 Å². The number of carbonyl (C=O) groups excluding carboxylic acids is 2. The number of aliphatic hydroxyl groups excluding tert-OH is 1. The van der Waals surface area contributed by atoms with Crippen LogP contribution < -0.4 is 4.74 Å². The third-order valence-corrected chi connectivity index (χ3v) is 6.54. The number of likely N-dealkylation sites (tertiary alicyclic amines) is 1. The number of ether oxygens (including phenoxy) is 1. The molecule has 0 aliphatic carbocycles. The zero-order valence-electron chi connectivity index (χ0n) is 21.5. The molecule has 1 atom stereocenters. The van der Waals surface area contributed by atoms with Gasteiger partial charge in [0.1, 0.15) is 11.5 Å². The van der Waals surface area contributed by atoms with Gasteiger partial charge < -0.3 is 14.7 Å². The molecule has 4 rings (SSSR count). The lowest BCUT2D eigenvalue weighted by atomic mass is 9.85. The van der Waals surface area contributed by atoms with Gasteiger partial charge in [-0.15, -0.1) is 0 Å². The summed E-state index contributed by atoms with van der Waals surface area (Å²) in [6.07, 6.45) is 0. The molecule has 0 radical (unpaired) electrons. The molecule has 5 heteroatoms.